The standard InChI is InChI=1S/C16H15BrN2O2/c1-21-15(12-7-3-2-4-8-12)16(20)19-18-11-13-9-5-6-10-14(13)17/h2-11,15H,1H3,(H,19,20). The van der Waals surface area contributed by atoms with Crippen molar-refractivity contribution in [2.45, 2.75) is 6.10 Å². The van der Waals surface area contributed by atoms with E-state index in [1.54, 1.807) is 6.21 Å². The molecule has 0 bridgehead atoms. The summed E-state index contributed by atoms with van der Waals surface area (Å²) in [5, 5.41) is 3.96. The Balaban J connectivity index is 2.02. The predicted molar refractivity (Wildman–Crippen MR) is 86.1 cm³/mol. The quantitative estimate of drug-likeness (QED) is 0.667. The minimum atomic E-state index is -0.678. The molecule has 1 N–H and O–H groups in total. The molecule has 0 aromatic heterocycles. The van der Waals surface area contributed by atoms with Gasteiger partial charge in [0.05, 0.1) is 6.21 Å². The van der Waals surface area contributed by atoms with Gasteiger partial charge >= 0.3 is 0 Å². The lowest BCUT2D eigenvalue weighted by Gasteiger charge is -2.13. The second kappa shape index (κ2) is 7.71. The number of nitrogens with zero attached hydrogens (tertiary/aromatic N) is 1. The van der Waals surface area contributed by atoms with Gasteiger partial charge in [-0.15, -0.1) is 0 Å². The highest BCUT2D eigenvalue weighted by atomic mass is 79.9. The fraction of sp³-hybridized carbons (Fsp3) is 0.125. The summed E-state index contributed by atoms with van der Waals surface area (Å²) in [6, 6.07) is 16.9. The second-order valence-corrected chi connectivity index (χ2v) is 5.14. The summed E-state index contributed by atoms with van der Waals surface area (Å²) in [5.41, 5.74) is 4.16. The van der Waals surface area contributed by atoms with Crippen LogP contribution in [-0.2, 0) is 9.53 Å². The molecule has 0 aliphatic carbocycles. The fourth-order valence-corrected chi connectivity index (χ4v) is 2.21. The van der Waals surface area contributed by atoms with E-state index in [1.165, 1.54) is 7.11 Å². The molecule has 0 spiro atoms. The Morgan fingerprint density at radius 3 is 2.52 bits per heavy atom. The van der Waals surface area contributed by atoms with Crippen LogP contribution in [0.3, 0.4) is 0 Å². The summed E-state index contributed by atoms with van der Waals surface area (Å²) in [5.74, 6) is -0.313. The first-order valence-electron chi connectivity index (χ1n) is 6.37. The first-order valence-corrected chi connectivity index (χ1v) is 7.17. The Morgan fingerprint density at radius 1 is 1.19 bits per heavy atom. The van der Waals surface area contributed by atoms with Gasteiger partial charge in [-0.25, -0.2) is 5.43 Å². The van der Waals surface area contributed by atoms with Crippen LogP contribution in [0.4, 0.5) is 0 Å². The monoisotopic (exact) mass is 346 g/mol. The van der Waals surface area contributed by atoms with E-state index in [-0.39, 0.29) is 5.91 Å². The van der Waals surface area contributed by atoms with Crippen LogP contribution in [-0.4, -0.2) is 19.2 Å². The molecule has 21 heavy (non-hydrogen) atoms. The highest BCUT2D eigenvalue weighted by molar-refractivity contribution is 9.10. The van der Waals surface area contributed by atoms with Crippen molar-refractivity contribution < 1.29 is 9.53 Å². The molecular formula is C16H15BrN2O2. The van der Waals surface area contributed by atoms with Crippen LogP contribution in [0.25, 0.3) is 0 Å². The molecule has 0 aliphatic rings. The van der Waals surface area contributed by atoms with Crippen molar-refractivity contribution in [1.82, 2.24) is 5.43 Å². The van der Waals surface area contributed by atoms with Gasteiger partial charge in [0.2, 0.25) is 0 Å². The normalized spacial score (nSPS) is 12.3. The topological polar surface area (TPSA) is 50.7 Å². The maximum atomic E-state index is 12.1. The lowest BCUT2D eigenvalue weighted by Crippen LogP contribution is -2.26. The number of amides is 1. The first kappa shape index (κ1) is 15.4. The van der Waals surface area contributed by atoms with E-state index in [1.807, 2.05) is 54.6 Å². The number of methoxy groups -OCH3 is 1. The van der Waals surface area contributed by atoms with Gasteiger partial charge < -0.3 is 4.74 Å². The average Bonchev–Trinajstić information content (AvgIpc) is 2.51. The van der Waals surface area contributed by atoms with E-state index >= 15 is 0 Å². The lowest BCUT2D eigenvalue weighted by atomic mass is 10.1. The first-order chi connectivity index (χ1) is 10.2. The highest BCUT2D eigenvalue weighted by Crippen LogP contribution is 2.16. The number of halogens is 1. The SMILES string of the molecule is COC(C(=O)NN=Cc1ccccc1Br)c1ccccc1. The van der Waals surface area contributed by atoms with Gasteiger partial charge in [-0.3, -0.25) is 4.79 Å². The van der Waals surface area contributed by atoms with E-state index in [2.05, 4.69) is 26.5 Å². The van der Waals surface area contributed by atoms with Crippen LogP contribution in [0.1, 0.15) is 17.2 Å². The molecule has 5 heteroatoms. The number of benzene rings is 2. The summed E-state index contributed by atoms with van der Waals surface area (Å²) in [6.07, 6.45) is 0.905. The second-order valence-electron chi connectivity index (χ2n) is 4.28. The summed E-state index contributed by atoms with van der Waals surface area (Å²) in [4.78, 5) is 12.1. The van der Waals surface area contributed by atoms with Gasteiger partial charge in [-0.2, -0.15) is 5.10 Å². The zero-order chi connectivity index (χ0) is 15.1. The Morgan fingerprint density at radius 2 is 1.86 bits per heavy atom. The molecule has 0 saturated carbocycles. The van der Waals surface area contributed by atoms with Crippen LogP contribution >= 0.6 is 15.9 Å². The van der Waals surface area contributed by atoms with Crippen LogP contribution in [0.15, 0.2) is 64.2 Å². The minimum absolute atomic E-state index is 0.313. The molecule has 2 aromatic rings. The Labute approximate surface area is 132 Å². The van der Waals surface area contributed by atoms with Gasteiger partial charge in [0.1, 0.15) is 0 Å². The maximum Gasteiger partial charge on any atom is 0.273 e. The molecule has 1 atom stereocenters. The van der Waals surface area contributed by atoms with Crippen LogP contribution in [0.2, 0.25) is 0 Å². The Bertz CT molecular complexity index is 629. The number of rotatable bonds is 5. The van der Waals surface area contributed by atoms with Gasteiger partial charge in [0.15, 0.2) is 6.10 Å². The van der Waals surface area contributed by atoms with Crippen LogP contribution in [0, 0.1) is 0 Å². The van der Waals surface area contributed by atoms with Gasteiger partial charge in [0.25, 0.3) is 5.91 Å². The third-order valence-electron chi connectivity index (χ3n) is 2.86. The summed E-state index contributed by atoms with van der Waals surface area (Å²) in [6.45, 7) is 0. The molecular weight excluding hydrogens is 332 g/mol. The zero-order valence-corrected chi connectivity index (χ0v) is 13.1. The highest BCUT2D eigenvalue weighted by Gasteiger charge is 2.18. The number of hydrogen-bond acceptors (Lipinski definition) is 3. The minimum Gasteiger partial charge on any atom is -0.367 e. The van der Waals surface area contributed by atoms with Gasteiger partial charge in [-0.1, -0.05) is 64.5 Å². The third-order valence-corrected chi connectivity index (χ3v) is 3.58. The van der Waals surface area contributed by atoms with Crippen molar-refractivity contribution in [1.29, 1.82) is 0 Å². The number of hydrogen-bond donors (Lipinski definition) is 1. The number of ether oxygens (including phenoxy) is 1. The van der Waals surface area contributed by atoms with Gasteiger partial charge in [-0.05, 0) is 11.6 Å². The lowest BCUT2D eigenvalue weighted by molar-refractivity contribution is -0.131. The molecule has 1 unspecified atom stereocenters. The number of nitrogens with one attached hydrogen (secondary N) is 1. The number of carbonyl (C=O) groups is 1. The van der Waals surface area contributed by atoms with E-state index in [4.69, 9.17) is 4.74 Å². The molecule has 108 valence electrons. The van der Waals surface area contributed by atoms with Crippen molar-refractivity contribution in [3.8, 4) is 0 Å². The van der Waals surface area contributed by atoms with E-state index in [9.17, 15) is 4.79 Å². The smallest absolute Gasteiger partial charge is 0.273 e. The Hall–Kier alpha value is -1.98. The maximum absolute atomic E-state index is 12.1. The molecule has 0 aliphatic heterocycles. The summed E-state index contributed by atoms with van der Waals surface area (Å²) < 4.78 is 6.14. The van der Waals surface area contributed by atoms with Crippen LogP contribution < -0.4 is 5.43 Å². The molecule has 2 aromatic carbocycles. The van der Waals surface area contributed by atoms with Crippen molar-refractivity contribution in [2.75, 3.05) is 7.11 Å². The van der Waals surface area contributed by atoms with Crippen molar-refractivity contribution in [2.24, 2.45) is 5.10 Å². The van der Waals surface area contributed by atoms with Crippen LogP contribution in [0.5, 0.6) is 0 Å². The molecule has 2 rings (SSSR count). The Kier molecular flexibility index (Phi) is 5.66. The third kappa shape index (κ3) is 4.24. The zero-order valence-electron chi connectivity index (χ0n) is 11.5. The van der Waals surface area contributed by atoms with Gasteiger partial charge in [0, 0.05) is 17.1 Å². The summed E-state index contributed by atoms with van der Waals surface area (Å²) in [7, 11) is 1.49. The van der Waals surface area contributed by atoms with Crippen molar-refractivity contribution in [3.63, 3.8) is 0 Å². The van der Waals surface area contributed by atoms with E-state index in [0.717, 1.165) is 15.6 Å². The average molecular weight is 347 g/mol. The predicted octanol–water partition coefficient (Wildman–Crippen LogP) is 3.29. The molecule has 4 nitrogen and oxygen atoms in total. The molecule has 0 saturated heterocycles. The molecule has 1 amide bonds. The largest absolute Gasteiger partial charge is 0.367 e. The van der Waals surface area contributed by atoms with E-state index in [0.29, 0.717) is 0 Å². The van der Waals surface area contributed by atoms with Crippen molar-refractivity contribution in [3.05, 3.63) is 70.2 Å². The fourth-order valence-electron chi connectivity index (χ4n) is 1.83. The summed E-state index contributed by atoms with van der Waals surface area (Å²) >= 11 is 3.41. The molecule has 0 heterocycles. The number of carbonyl (C=O) groups excluding carboxylic acids is 1. The molecule has 0 radical (unpaired) electrons. The van der Waals surface area contributed by atoms with Crippen molar-refractivity contribution >= 4 is 28.1 Å². The van der Waals surface area contributed by atoms with E-state index < -0.39 is 6.10 Å². The number of hydrazone groups is 1. The molecule has 0 fully saturated rings.